The number of aryl methyl sites for hydroxylation is 2. The Morgan fingerprint density at radius 1 is 0.682 bits per heavy atom. The van der Waals surface area contributed by atoms with Crippen molar-refractivity contribution in [2.45, 2.75) is 32.1 Å². The summed E-state index contributed by atoms with van der Waals surface area (Å²) in [5.74, 6) is -1.15. The van der Waals surface area contributed by atoms with E-state index in [4.69, 9.17) is 18.9 Å². The fraction of sp³-hybridized carbons (Fsp3) is 0.265. The Bertz CT molecular complexity index is 1660. The Morgan fingerprint density at radius 3 is 1.91 bits per heavy atom. The number of phenols is 3. The SMILES string of the molecule is COC1=CC(=O)C(CC(=O)Cc2ccc(O)c(OC)c2)=C(c2cc(CCCc3ccc(O)c(OC)c3)c(OC)cc2O)C1=O. The van der Waals surface area contributed by atoms with Gasteiger partial charge in [0.15, 0.2) is 34.5 Å². The maximum atomic E-state index is 13.5. The van der Waals surface area contributed by atoms with Crippen LogP contribution < -0.4 is 14.2 Å². The predicted molar refractivity (Wildman–Crippen MR) is 161 cm³/mol. The first-order chi connectivity index (χ1) is 21.1. The average molecular weight is 603 g/mol. The highest BCUT2D eigenvalue weighted by atomic mass is 16.5. The second-order valence-electron chi connectivity index (χ2n) is 10.2. The van der Waals surface area contributed by atoms with E-state index in [0.29, 0.717) is 41.9 Å². The van der Waals surface area contributed by atoms with Gasteiger partial charge in [-0.05, 0) is 66.3 Å². The number of aromatic hydroxyl groups is 3. The van der Waals surface area contributed by atoms with E-state index >= 15 is 0 Å². The van der Waals surface area contributed by atoms with Gasteiger partial charge in [-0.25, -0.2) is 0 Å². The molecule has 4 rings (SSSR count). The molecule has 3 aromatic carbocycles. The number of phenolic OH excluding ortho intramolecular Hbond substituents is 3. The van der Waals surface area contributed by atoms with Crippen molar-refractivity contribution in [1.29, 1.82) is 0 Å². The molecule has 0 bridgehead atoms. The van der Waals surface area contributed by atoms with E-state index in [-0.39, 0.29) is 64.1 Å². The highest BCUT2D eigenvalue weighted by molar-refractivity contribution is 6.38. The number of rotatable bonds is 13. The number of allylic oxidation sites excluding steroid dienone is 3. The number of carbonyl (C=O) groups is 3. The standard InChI is InChI=1S/C34H34O10/c1-41-29-17-27(38)23(15-21(29)7-5-6-19-8-10-25(36)30(13-19)42-2)33-24(28(39)18-32(44-4)34(33)40)16-22(35)12-20-9-11-26(37)31(14-20)43-3/h8-11,13-15,17-18,36-38H,5-7,12,16H2,1-4H3. The van der Waals surface area contributed by atoms with Crippen LogP contribution in [0.4, 0.5) is 0 Å². The Balaban J connectivity index is 1.67. The van der Waals surface area contributed by atoms with E-state index in [2.05, 4.69) is 0 Å². The van der Waals surface area contributed by atoms with Crippen LogP contribution in [0.2, 0.25) is 0 Å². The van der Waals surface area contributed by atoms with Crippen LogP contribution in [0.1, 0.15) is 35.1 Å². The predicted octanol–water partition coefficient (Wildman–Crippen LogP) is 4.64. The van der Waals surface area contributed by atoms with E-state index in [1.165, 1.54) is 46.6 Å². The third-order valence-electron chi connectivity index (χ3n) is 7.38. The molecule has 0 fully saturated rings. The summed E-state index contributed by atoms with van der Waals surface area (Å²) >= 11 is 0. The number of hydrogen-bond donors (Lipinski definition) is 3. The van der Waals surface area contributed by atoms with Gasteiger partial charge in [-0.15, -0.1) is 0 Å². The van der Waals surface area contributed by atoms with E-state index in [1.54, 1.807) is 30.3 Å². The van der Waals surface area contributed by atoms with Gasteiger partial charge in [-0.3, -0.25) is 14.4 Å². The fourth-order valence-corrected chi connectivity index (χ4v) is 5.15. The minimum absolute atomic E-state index is 0.0441. The zero-order chi connectivity index (χ0) is 32.0. The molecule has 0 aliphatic heterocycles. The molecule has 0 unspecified atom stereocenters. The number of methoxy groups -OCH3 is 4. The number of carbonyl (C=O) groups excluding carboxylic acids is 3. The molecule has 230 valence electrons. The van der Waals surface area contributed by atoms with Gasteiger partial charge < -0.3 is 34.3 Å². The molecule has 1 aliphatic carbocycles. The monoisotopic (exact) mass is 602 g/mol. The third kappa shape index (κ3) is 6.86. The van der Waals surface area contributed by atoms with Crippen molar-refractivity contribution in [1.82, 2.24) is 0 Å². The van der Waals surface area contributed by atoms with Crippen LogP contribution in [0.15, 0.2) is 65.9 Å². The van der Waals surface area contributed by atoms with Crippen LogP contribution in [0.5, 0.6) is 34.5 Å². The number of benzene rings is 3. The van der Waals surface area contributed by atoms with Gasteiger partial charge >= 0.3 is 0 Å². The molecule has 3 N–H and O–H groups in total. The summed E-state index contributed by atoms with van der Waals surface area (Å²) in [5.41, 5.74) is 2.08. The number of hydrogen-bond acceptors (Lipinski definition) is 10. The zero-order valence-corrected chi connectivity index (χ0v) is 24.9. The first-order valence-electron chi connectivity index (χ1n) is 13.8. The van der Waals surface area contributed by atoms with Gasteiger partial charge in [0.2, 0.25) is 5.78 Å². The fourth-order valence-electron chi connectivity index (χ4n) is 5.15. The summed E-state index contributed by atoms with van der Waals surface area (Å²) in [6.07, 6.45) is 2.35. The van der Waals surface area contributed by atoms with E-state index in [0.717, 1.165) is 11.6 Å². The minimum atomic E-state index is -0.635. The van der Waals surface area contributed by atoms with Gasteiger partial charge in [0.25, 0.3) is 0 Å². The summed E-state index contributed by atoms with van der Waals surface area (Å²) in [6, 6.07) is 12.6. The van der Waals surface area contributed by atoms with E-state index in [1.807, 2.05) is 0 Å². The number of Topliss-reactive ketones (excluding diaryl/α,β-unsaturated/α-hetero) is 2. The largest absolute Gasteiger partial charge is 0.507 e. The molecule has 0 atom stereocenters. The molecule has 0 heterocycles. The van der Waals surface area contributed by atoms with E-state index in [9.17, 15) is 29.7 Å². The molecule has 10 heteroatoms. The van der Waals surface area contributed by atoms with Crippen molar-refractivity contribution in [2.24, 2.45) is 0 Å². The summed E-state index contributed by atoms with van der Waals surface area (Å²) < 4.78 is 21.0. The molecule has 0 saturated heterocycles. The molecule has 0 saturated carbocycles. The van der Waals surface area contributed by atoms with Crippen molar-refractivity contribution >= 4 is 22.9 Å². The Morgan fingerprint density at radius 2 is 1.30 bits per heavy atom. The highest BCUT2D eigenvalue weighted by Crippen LogP contribution is 2.39. The van der Waals surface area contributed by atoms with Gasteiger partial charge in [-0.2, -0.15) is 0 Å². The molecule has 3 aromatic rings. The second-order valence-corrected chi connectivity index (χ2v) is 10.2. The summed E-state index contributed by atoms with van der Waals surface area (Å²) in [5, 5.41) is 30.8. The van der Waals surface area contributed by atoms with Crippen LogP contribution in [-0.2, 0) is 38.4 Å². The lowest BCUT2D eigenvalue weighted by Gasteiger charge is -2.21. The summed E-state index contributed by atoms with van der Waals surface area (Å²) in [4.78, 5) is 40.0. The lowest BCUT2D eigenvalue weighted by molar-refractivity contribution is -0.120. The quantitative estimate of drug-likeness (QED) is 0.236. The maximum absolute atomic E-state index is 13.5. The summed E-state index contributed by atoms with van der Waals surface area (Å²) in [7, 11) is 5.60. The van der Waals surface area contributed by atoms with Crippen molar-refractivity contribution in [3.8, 4) is 34.5 Å². The Kier molecular flexibility index (Phi) is 9.95. The second kappa shape index (κ2) is 13.8. The van der Waals surface area contributed by atoms with Crippen molar-refractivity contribution in [3.05, 3.63) is 88.2 Å². The van der Waals surface area contributed by atoms with E-state index < -0.39 is 11.6 Å². The third-order valence-corrected chi connectivity index (χ3v) is 7.38. The van der Waals surface area contributed by atoms with Crippen LogP contribution in [-0.4, -0.2) is 61.1 Å². The molecular weight excluding hydrogens is 568 g/mol. The molecule has 10 nitrogen and oxygen atoms in total. The van der Waals surface area contributed by atoms with Gasteiger partial charge in [0, 0.05) is 41.7 Å². The Labute approximate surface area is 254 Å². The number of ketones is 3. The first kappa shape index (κ1) is 31.7. The molecular formula is C34H34O10. The normalized spacial score (nSPS) is 13.0. The van der Waals surface area contributed by atoms with Gasteiger partial charge in [-0.1, -0.05) is 12.1 Å². The van der Waals surface area contributed by atoms with Crippen molar-refractivity contribution in [3.63, 3.8) is 0 Å². The topological polar surface area (TPSA) is 149 Å². The van der Waals surface area contributed by atoms with Crippen LogP contribution in [0.25, 0.3) is 5.57 Å². The average Bonchev–Trinajstić information content (AvgIpc) is 3.01. The summed E-state index contributed by atoms with van der Waals surface area (Å²) in [6.45, 7) is 0. The molecule has 0 radical (unpaired) electrons. The highest BCUT2D eigenvalue weighted by Gasteiger charge is 2.33. The molecule has 44 heavy (non-hydrogen) atoms. The minimum Gasteiger partial charge on any atom is -0.507 e. The van der Waals surface area contributed by atoms with Crippen LogP contribution in [0, 0.1) is 0 Å². The smallest absolute Gasteiger partial charge is 0.228 e. The maximum Gasteiger partial charge on any atom is 0.228 e. The van der Waals surface area contributed by atoms with Gasteiger partial charge in [0.1, 0.15) is 17.3 Å². The molecule has 0 spiro atoms. The molecule has 0 amide bonds. The number of ether oxygens (including phenoxy) is 4. The Hall–Kier alpha value is -5.25. The lowest BCUT2D eigenvalue weighted by atomic mass is 9.84. The van der Waals surface area contributed by atoms with Gasteiger partial charge in [0.05, 0.1) is 28.4 Å². The zero-order valence-electron chi connectivity index (χ0n) is 24.9. The molecule has 0 aromatic heterocycles. The van der Waals surface area contributed by atoms with Crippen molar-refractivity contribution in [2.75, 3.05) is 28.4 Å². The lowest BCUT2D eigenvalue weighted by Crippen LogP contribution is -2.22. The molecule has 1 aliphatic rings. The first-order valence-corrected chi connectivity index (χ1v) is 13.8. The van der Waals surface area contributed by atoms with Crippen LogP contribution in [0.3, 0.4) is 0 Å². The van der Waals surface area contributed by atoms with Crippen molar-refractivity contribution < 1.29 is 48.7 Å². The van der Waals surface area contributed by atoms with Crippen LogP contribution >= 0.6 is 0 Å².